The van der Waals surface area contributed by atoms with Gasteiger partial charge in [-0.05, 0) is 38.1 Å². The zero-order chi connectivity index (χ0) is 13.4. The number of amides is 1. The maximum absolute atomic E-state index is 12.0. The third-order valence-corrected chi connectivity index (χ3v) is 4.05. The molecular weight excluding hydrogens is 228 g/mol. The summed E-state index contributed by atoms with van der Waals surface area (Å²) >= 11 is 0. The molecule has 0 spiro atoms. The maximum Gasteiger partial charge on any atom is 0.220 e. The maximum atomic E-state index is 12.0. The average molecular weight is 256 g/mol. The molecule has 1 saturated carbocycles. The largest absolute Gasteiger partial charge is 0.385 e. The second-order valence-corrected chi connectivity index (χ2v) is 5.69. The lowest BCUT2D eigenvalue weighted by Crippen LogP contribution is -2.41. The first-order chi connectivity index (χ1) is 8.62. The molecule has 1 rings (SSSR count). The van der Waals surface area contributed by atoms with Crippen LogP contribution in [0.5, 0.6) is 0 Å². The third-order valence-electron chi connectivity index (χ3n) is 4.05. The summed E-state index contributed by atoms with van der Waals surface area (Å²) in [4.78, 5) is 12.0. The Morgan fingerprint density at radius 3 is 2.61 bits per heavy atom. The van der Waals surface area contributed by atoms with Crippen molar-refractivity contribution in [1.29, 1.82) is 0 Å². The Morgan fingerprint density at radius 1 is 1.39 bits per heavy atom. The summed E-state index contributed by atoms with van der Waals surface area (Å²) in [5, 5.41) is 3.05. The topological polar surface area (TPSA) is 64.3 Å². The summed E-state index contributed by atoms with van der Waals surface area (Å²) in [6, 6.07) is 0.177. The highest BCUT2D eigenvalue weighted by atomic mass is 16.5. The molecule has 1 unspecified atom stereocenters. The molecule has 1 aliphatic carbocycles. The van der Waals surface area contributed by atoms with Gasteiger partial charge in [-0.2, -0.15) is 0 Å². The molecule has 0 aromatic carbocycles. The minimum atomic E-state index is 0.0588. The van der Waals surface area contributed by atoms with E-state index in [9.17, 15) is 4.79 Å². The van der Waals surface area contributed by atoms with Gasteiger partial charge in [-0.1, -0.05) is 19.3 Å². The van der Waals surface area contributed by atoms with Crippen molar-refractivity contribution in [2.45, 2.75) is 57.9 Å². The highest BCUT2D eigenvalue weighted by Crippen LogP contribution is 2.38. The molecule has 4 heteroatoms. The van der Waals surface area contributed by atoms with Crippen LogP contribution in [0.25, 0.3) is 0 Å². The summed E-state index contributed by atoms with van der Waals surface area (Å²) < 4.78 is 5.01. The Hall–Kier alpha value is -0.610. The molecule has 1 amide bonds. The second kappa shape index (κ2) is 7.74. The lowest BCUT2D eigenvalue weighted by Gasteiger charge is -2.36. The van der Waals surface area contributed by atoms with Gasteiger partial charge in [-0.25, -0.2) is 0 Å². The predicted octanol–water partition coefficient (Wildman–Crippen LogP) is 1.83. The highest BCUT2D eigenvalue weighted by Gasteiger charge is 2.33. The summed E-state index contributed by atoms with van der Waals surface area (Å²) in [6.07, 6.45) is 7.35. The summed E-state index contributed by atoms with van der Waals surface area (Å²) in [6.45, 7) is 3.34. The molecule has 4 nitrogen and oxygen atoms in total. The Balaban J connectivity index is 2.37. The quantitative estimate of drug-likeness (QED) is 0.730. The lowest BCUT2D eigenvalue weighted by molar-refractivity contribution is -0.124. The Labute approximate surface area is 111 Å². The smallest absolute Gasteiger partial charge is 0.220 e. The summed E-state index contributed by atoms with van der Waals surface area (Å²) in [7, 11) is 1.68. The number of hydrogen-bond acceptors (Lipinski definition) is 3. The van der Waals surface area contributed by atoms with Crippen LogP contribution in [-0.4, -0.2) is 32.2 Å². The van der Waals surface area contributed by atoms with E-state index in [1.807, 2.05) is 6.92 Å². The van der Waals surface area contributed by atoms with E-state index in [2.05, 4.69) is 5.32 Å². The molecule has 1 atom stereocenters. The Morgan fingerprint density at radius 2 is 2.06 bits per heavy atom. The van der Waals surface area contributed by atoms with Crippen LogP contribution >= 0.6 is 0 Å². The Bertz CT molecular complexity index is 250. The van der Waals surface area contributed by atoms with E-state index in [0.717, 1.165) is 19.3 Å². The second-order valence-electron chi connectivity index (χ2n) is 5.69. The van der Waals surface area contributed by atoms with Gasteiger partial charge in [0.25, 0.3) is 0 Å². The molecule has 0 aromatic heterocycles. The molecule has 1 aliphatic rings. The van der Waals surface area contributed by atoms with Crippen LogP contribution in [0.1, 0.15) is 51.9 Å². The van der Waals surface area contributed by atoms with E-state index in [-0.39, 0.29) is 17.4 Å². The van der Waals surface area contributed by atoms with Gasteiger partial charge < -0.3 is 15.8 Å². The number of ether oxygens (including phenoxy) is 1. The fourth-order valence-electron chi connectivity index (χ4n) is 2.79. The van der Waals surface area contributed by atoms with Crippen LogP contribution in [0.15, 0.2) is 0 Å². The molecule has 1 fully saturated rings. The molecule has 0 saturated heterocycles. The normalized spacial score (nSPS) is 20.4. The van der Waals surface area contributed by atoms with Crippen molar-refractivity contribution in [2.24, 2.45) is 11.1 Å². The number of nitrogens with two attached hydrogens (primary N) is 1. The molecular formula is C14H28N2O2. The zero-order valence-electron chi connectivity index (χ0n) is 11.8. The first-order valence-electron chi connectivity index (χ1n) is 7.10. The number of methoxy groups -OCH3 is 1. The first-order valence-corrected chi connectivity index (χ1v) is 7.10. The third kappa shape index (κ3) is 4.94. The lowest BCUT2D eigenvalue weighted by atomic mass is 9.71. The molecule has 0 bridgehead atoms. The SMILES string of the molecule is COCCC(C)NC(=O)CC1(CN)CCCCC1. The Kier molecular flexibility index (Phi) is 6.65. The number of hydrogen-bond donors (Lipinski definition) is 2. The van der Waals surface area contributed by atoms with Crippen molar-refractivity contribution >= 4 is 5.91 Å². The van der Waals surface area contributed by atoms with Crippen LogP contribution in [0, 0.1) is 5.41 Å². The fraction of sp³-hybridized carbons (Fsp3) is 0.929. The van der Waals surface area contributed by atoms with Crippen molar-refractivity contribution in [1.82, 2.24) is 5.32 Å². The molecule has 0 aliphatic heterocycles. The molecule has 0 aromatic rings. The predicted molar refractivity (Wildman–Crippen MR) is 73.3 cm³/mol. The fourth-order valence-corrected chi connectivity index (χ4v) is 2.79. The minimum absolute atomic E-state index is 0.0588. The van der Waals surface area contributed by atoms with E-state index in [0.29, 0.717) is 19.6 Å². The summed E-state index contributed by atoms with van der Waals surface area (Å²) in [5.74, 6) is 0.144. The minimum Gasteiger partial charge on any atom is -0.385 e. The van der Waals surface area contributed by atoms with E-state index in [1.165, 1.54) is 19.3 Å². The number of carbonyl (C=O) groups is 1. The molecule has 18 heavy (non-hydrogen) atoms. The van der Waals surface area contributed by atoms with Gasteiger partial charge >= 0.3 is 0 Å². The molecule has 0 heterocycles. The van der Waals surface area contributed by atoms with Gasteiger partial charge in [0.05, 0.1) is 0 Å². The van der Waals surface area contributed by atoms with Gasteiger partial charge in [0.1, 0.15) is 0 Å². The van der Waals surface area contributed by atoms with Gasteiger partial charge in [0, 0.05) is 26.2 Å². The molecule has 0 radical (unpaired) electrons. The van der Waals surface area contributed by atoms with E-state index < -0.39 is 0 Å². The number of carbonyl (C=O) groups excluding carboxylic acids is 1. The van der Waals surface area contributed by atoms with Crippen molar-refractivity contribution < 1.29 is 9.53 Å². The number of nitrogens with one attached hydrogen (secondary N) is 1. The van der Waals surface area contributed by atoms with Gasteiger partial charge in [0.2, 0.25) is 5.91 Å². The monoisotopic (exact) mass is 256 g/mol. The molecule has 3 N–H and O–H groups in total. The van der Waals surface area contributed by atoms with Gasteiger partial charge in [-0.15, -0.1) is 0 Å². The van der Waals surface area contributed by atoms with E-state index in [4.69, 9.17) is 10.5 Å². The standard InChI is InChI=1S/C14H28N2O2/c1-12(6-9-18-2)16-13(17)10-14(11-15)7-4-3-5-8-14/h12H,3-11,15H2,1-2H3,(H,16,17). The van der Waals surface area contributed by atoms with Crippen LogP contribution < -0.4 is 11.1 Å². The molecule has 106 valence electrons. The van der Waals surface area contributed by atoms with E-state index >= 15 is 0 Å². The first kappa shape index (κ1) is 15.4. The number of rotatable bonds is 7. The summed E-state index contributed by atoms with van der Waals surface area (Å²) in [5.41, 5.74) is 5.96. The zero-order valence-corrected chi connectivity index (χ0v) is 11.8. The van der Waals surface area contributed by atoms with Gasteiger partial charge in [0.15, 0.2) is 0 Å². The van der Waals surface area contributed by atoms with Crippen LogP contribution in [-0.2, 0) is 9.53 Å². The van der Waals surface area contributed by atoms with Crippen LogP contribution in [0.2, 0.25) is 0 Å². The highest BCUT2D eigenvalue weighted by molar-refractivity contribution is 5.77. The average Bonchev–Trinajstić information content (AvgIpc) is 2.37. The van der Waals surface area contributed by atoms with Crippen molar-refractivity contribution in [3.63, 3.8) is 0 Å². The van der Waals surface area contributed by atoms with Crippen molar-refractivity contribution in [2.75, 3.05) is 20.3 Å². The van der Waals surface area contributed by atoms with Crippen molar-refractivity contribution in [3.8, 4) is 0 Å². The van der Waals surface area contributed by atoms with Gasteiger partial charge in [-0.3, -0.25) is 4.79 Å². The van der Waals surface area contributed by atoms with E-state index in [1.54, 1.807) is 7.11 Å². The van der Waals surface area contributed by atoms with Crippen molar-refractivity contribution in [3.05, 3.63) is 0 Å². The van der Waals surface area contributed by atoms with Crippen LogP contribution in [0.4, 0.5) is 0 Å². The van der Waals surface area contributed by atoms with Crippen LogP contribution in [0.3, 0.4) is 0 Å².